The molecule has 1 aromatic heterocycles. The van der Waals surface area contributed by atoms with Crippen molar-refractivity contribution in [1.82, 2.24) is 9.71 Å². The lowest BCUT2D eigenvalue weighted by Gasteiger charge is -2.05. The zero-order valence-electron chi connectivity index (χ0n) is 8.55. The molecule has 0 saturated heterocycles. The van der Waals surface area contributed by atoms with Crippen LogP contribution in [0.5, 0.6) is 0 Å². The van der Waals surface area contributed by atoms with E-state index in [4.69, 9.17) is 0 Å². The van der Waals surface area contributed by atoms with Crippen molar-refractivity contribution in [1.29, 1.82) is 0 Å². The van der Waals surface area contributed by atoms with Gasteiger partial charge >= 0.3 is 0 Å². The molecule has 0 fully saturated rings. The Bertz CT molecular complexity index is 533. The molecule has 0 radical (unpaired) electrons. The van der Waals surface area contributed by atoms with Crippen molar-refractivity contribution >= 4 is 10.0 Å². The van der Waals surface area contributed by atoms with Crippen molar-refractivity contribution in [2.75, 3.05) is 0 Å². The number of nitrogens with one attached hydrogen (secondary N) is 2. The number of rotatable bonds is 4. The van der Waals surface area contributed by atoms with Crippen LogP contribution in [0.15, 0.2) is 53.6 Å². The third kappa shape index (κ3) is 2.50. The number of H-pyrrole nitrogens is 1. The number of aromatic nitrogens is 1. The van der Waals surface area contributed by atoms with Gasteiger partial charge in [0.15, 0.2) is 0 Å². The molecule has 0 spiro atoms. The Morgan fingerprint density at radius 1 is 1.06 bits per heavy atom. The lowest BCUT2D eigenvalue weighted by Crippen LogP contribution is -2.23. The second-order valence-corrected chi connectivity index (χ2v) is 5.10. The highest BCUT2D eigenvalue weighted by Crippen LogP contribution is 2.07. The molecule has 0 bridgehead atoms. The Labute approximate surface area is 94.4 Å². The first-order valence-electron chi connectivity index (χ1n) is 4.85. The Hall–Kier alpha value is -1.59. The predicted molar refractivity (Wildman–Crippen MR) is 61.3 cm³/mol. The number of benzene rings is 1. The number of sulfonamides is 1. The molecule has 2 rings (SSSR count). The Morgan fingerprint density at radius 2 is 1.81 bits per heavy atom. The van der Waals surface area contributed by atoms with Crippen molar-refractivity contribution in [3.8, 4) is 0 Å². The fourth-order valence-corrected chi connectivity index (χ4v) is 2.36. The molecule has 5 heteroatoms. The van der Waals surface area contributed by atoms with Gasteiger partial charge in [-0.15, -0.1) is 0 Å². The summed E-state index contributed by atoms with van der Waals surface area (Å²) in [4.78, 5) is 3.21. The number of aromatic amines is 1. The van der Waals surface area contributed by atoms with Crippen LogP contribution in [0, 0.1) is 0 Å². The highest BCUT2D eigenvalue weighted by molar-refractivity contribution is 7.89. The van der Waals surface area contributed by atoms with E-state index >= 15 is 0 Å². The minimum atomic E-state index is -3.41. The van der Waals surface area contributed by atoms with E-state index < -0.39 is 10.0 Å². The summed E-state index contributed by atoms with van der Waals surface area (Å²) in [5, 5.41) is 0. The van der Waals surface area contributed by atoms with Gasteiger partial charge in [0.05, 0.1) is 11.4 Å². The quantitative estimate of drug-likeness (QED) is 0.845. The minimum absolute atomic E-state index is 0.268. The zero-order valence-corrected chi connectivity index (χ0v) is 9.37. The van der Waals surface area contributed by atoms with Crippen molar-refractivity contribution < 1.29 is 8.42 Å². The van der Waals surface area contributed by atoms with E-state index in [9.17, 15) is 8.42 Å². The van der Waals surface area contributed by atoms with Crippen LogP contribution in [-0.2, 0) is 16.6 Å². The number of hydrogen-bond donors (Lipinski definition) is 2. The molecule has 0 aliphatic rings. The average molecular weight is 236 g/mol. The van der Waals surface area contributed by atoms with Crippen molar-refractivity contribution in [3.63, 3.8) is 0 Å². The van der Waals surface area contributed by atoms with Gasteiger partial charge in [0.2, 0.25) is 10.0 Å². The molecule has 0 saturated carbocycles. The Morgan fingerprint density at radius 3 is 2.44 bits per heavy atom. The van der Waals surface area contributed by atoms with Gasteiger partial charge < -0.3 is 4.98 Å². The number of hydrogen-bond acceptors (Lipinski definition) is 2. The van der Waals surface area contributed by atoms with Crippen LogP contribution in [0.1, 0.15) is 5.69 Å². The van der Waals surface area contributed by atoms with Crippen LogP contribution >= 0.6 is 0 Å². The third-order valence-electron chi connectivity index (χ3n) is 2.17. The Balaban J connectivity index is 2.10. The smallest absolute Gasteiger partial charge is 0.240 e. The van der Waals surface area contributed by atoms with E-state index in [-0.39, 0.29) is 11.4 Å². The Kier molecular flexibility index (Phi) is 3.07. The molecule has 0 aliphatic carbocycles. The van der Waals surface area contributed by atoms with E-state index in [1.54, 1.807) is 36.5 Å². The van der Waals surface area contributed by atoms with Gasteiger partial charge in [-0.25, -0.2) is 13.1 Å². The SMILES string of the molecule is O=S(=O)(NCc1ccc[nH]1)c1ccccc1. The summed E-state index contributed by atoms with van der Waals surface area (Å²) < 4.78 is 26.1. The summed E-state index contributed by atoms with van der Waals surface area (Å²) in [6.45, 7) is 0.268. The summed E-state index contributed by atoms with van der Waals surface area (Å²) >= 11 is 0. The second-order valence-electron chi connectivity index (χ2n) is 3.33. The summed E-state index contributed by atoms with van der Waals surface area (Å²) in [5.41, 5.74) is 0.833. The molecule has 1 aromatic carbocycles. The first-order chi connectivity index (χ1) is 7.68. The molecule has 0 amide bonds. The topological polar surface area (TPSA) is 62.0 Å². The normalized spacial score (nSPS) is 11.5. The van der Waals surface area contributed by atoms with Crippen LogP contribution < -0.4 is 4.72 Å². The predicted octanol–water partition coefficient (Wildman–Crippen LogP) is 1.49. The van der Waals surface area contributed by atoms with Gasteiger partial charge in [-0.2, -0.15) is 0 Å². The average Bonchev–Trinajstić information content (AvgIpc) is 2.81. The first-order valence-corrected chi connectivity index (χ1v) is 6.34. The van der Waals surface area contributed by atoms with Gasteiger partial charge in [0.1, 0.15) is 0 Å². The maximum absolute atomic E-state index is 11.8. The van der Waals surface area contributed by atoms with Crippen molar-refractivity contribution in [2.45, 2.75) is 11.4 Å². The second kappa shape index (κ2) is 4.51. The molecule has 4 nitrogen and oxygen atoms in total. The minimum Gasteiger partial charge on any atom is -0.364 e. The first kappa shape index (κ1) is 10.9. The van der Waals surface area contributed by atoms with Gasteiger partial charge in [-0.05, 0) is 24.3 Å². The summed E-state index contributed by atoms with van der Waals surface area (Å²) in [5.74, 6) is 0. The molecular formula is C11H12N2O2S. The van der Waals surface area contributed by atoms with Gasteiger partial charge in [0.25, 0.3) is 0 Å². The molecule has 0 unspecified atom stereocenters. The van der Waals surface area contributed by atoms with Crippen LogP contribution in [0.4, 0.5) is 0 Å². The van der Waals surface area contributed by atoms with Crippen LogP contribution in [-0.4, -0.2) is 13.4 Å². The maximum atomic E-state index is 11.8. The van der Waals surface area contributed by atoms with E-state index in [1.165, 1.54) is 0 Å². The summed E-state index contributed by atoms with van der Waals surface area (Å²) in [7, 11) is -3.41. The van der Waals surface area contributed by atoms with E-state index in [1.807, 2.05) is 12.1 Å². The highest BCUT2D eigenvalue weighted by Gasteiger charge is 2.12. The zero-order chi connectivity index (χ0) is 11.4. The largest absolute Gasteiger partial charge is 0.364 e. The monoisotopic (exact) mass is 236 g/mol. The molecular weight excluding hydrogens is 224 g/mol. The van der Waals surface area contributed by atoms with Crippen molar-refractivity contribution in [2.24, 2.45) is 0 Å². The fraction of sp³-hybridized carbons (Fsp3) is 0.0909. The summed E-state index contributed by atoms with van der Waals surface area (Å²) in [6, 6.07) is 12.0. The van der Waals surface area contributed by atoms with Gasteiger partial charge in [-0.1, -0.05) is 18.2 Å². The highest BCUT2D eigenvalue weighted by atomic mass is 32.2. The third-order valence-corrected chi connectivity index (χ3v) is 3.59. The molecule has 1 heterocycles. The summed E-state index contributed by atoms with van der Waals surface area (Å²) in [6.07, 6.45) is 1.76. The van der Waals surface area contributed by atoms with Crippen LogP contribution in [0.3, 0.4) is 0 Å². The molecule has 2 N–H and O–H groups in total. The van der Waals surface area contributed by atoms with Crippen LogP contribution in [0.2, 0.25) is 0 Å². The van der Waals surface area contributed by atoms with E-state index in [2.05, 4.69) is 9.71 Å². The fourth-order valence-electron chi connectivity index (χ4n) is 1.33. The van der Waals surface area contributed by atoms with Gasteiger partial charge in [-0.3, -0.25) is 0 Å². The molecule has 0 atom stereocenters. The molecule has 84 valence electrons. The lowest BCUT2D eigenvalue weighted by atomic mass is 10.4. The standard InChI is InChI=1S/C11H12N2O2S/c14-16(15,11-6-2-1-3-7-11)13-9-10-5-4-8-12-10/h1-8,12-13H,9H2. The molecule has 0 aliphatic heterocycles. The lowest BCUT2D eigenvalue weighted by molar-refractivity contribution is 0.580. The van der Waals surface area contributed by atoms with Crippen LogP contribution in [0.25, 0.3) is 0 Å². The van der Waals surface area contributed by atoms with Gasteiger partial charge in [0, 0.05) is 11.9 Å². The maximum Gasteiger partial charge on any atom is 0.240 e. The van der Waals surface area contributed by atoms with E-state index in [0.717, 1.165) is 5.69 Å². The molecule has 2 aromatic rings. The molecule has 16 heavy (non-hydrogen) atoms. The van der Waals surface area contributed by atoms with E-state index in [0.29, 0.717) is 0 Å². The van der Waals surface area contributed by atoms with Crippen molar-refractivity contribution in [3.05, 3.63) is 54.4 Å².